The molecule has 2 aromatic carbocycles. The summed E-state index contributed by atoms with van der Waals surface area (Å²) in [6, 6.07) is 14.9. The predicted molar refractivity (Wildman–Crippen MR) is 106 cm³/mol. The van der Waals surface area contributed by atoms with Crippen molar-refractivity contribution in [2.45, 2.75) is 25.2 Å². The lowest BCUT2D eigenvalue weighted by atomic mass is 10.1. The van der Waals surface area contributed by atoms with Gasteiger partial charge in [-0.25, -0.2) is 4.39 Å². The van der Waals surface area contributed by atoms with Crippen molar-refractivity contribution in [3.63, 3.8) is 0 Å². The first-order valence-electron chi connectivity index (χ1n) is 8.60. The van der Waals surface area contributed by atoms with E-state index < -0.39 is 0 Å². The van der Waals surface area contributed by atoms with Crippen LogP contribution in [0.15, 0.2) is 58.7 Å². The van der Waals surface area contributed by atoms with E-state index in [0.717, 1.165) is 12.4 Å². The molecule has 1 saturated carbocycles. The zero-order chi connectivity index (χ0) is 18.2. The van der Waals surface area contributed by atoms with E-state index in [2.05, 4.69) is 10.2 Å². The van der Waals surface area contributed by atoms with Crippen molar-refractivity contribution in [3.8, 4) is 0 Å². The summed E-state index contributed by atoms with van der Waals surface area (Å²) < 4.78 is 19.6. The van der Waals surface area contributed by atoms with Crippen LogP contribution in [0.25, 0.3) is 0 Å². The third-order valence-electron chi connectivity index (χ3n) is 3.98. The van der Waals surface area contributed by atoms with Crippen molar-refractivity contribution in [2.24, 2.45) is 21.9 Å². The SMILES string of the molecule is NC(=NN=Cc1ccc(COCC2CC2)c(F)c1)SCc1ccccc1. The molecule has 1 fully saturated rings. The number of amidine groups is 1. The van der Waals surface area contributed by atoms with Crippen molar-refractivity contribution in [3.05, 3.63) is 71.0 Å². The fraction of sp³-hybridized carbons (Fsp3) is 0.300. The number of halogens is 1. The molecule has 1 aliphatic carbocycles. The molecule has 3 rings (SSSR count). The minimum absolute atomic E-state index is 0.292. The monoisotopic (exact) mass is 371 g/mol. The average Bonchev–Trinajstić information content (AvgIpc) is 3.47. The van der Waals surface area contributed by atoms with Gasteiger partial charge in [-0.05, 0) is 36.0 Å². The highest BCUT2D eigenvalue weighted by Gasteiger charge is 2.21. The Kier molecular flexibility index (Phi) is 6.80. The Bertz CT molecular complexity index is 776. The molecule has 2 N–H and O–H groups in total. The largest absolute Gasteiger partial charge is 0.377 e. The molecule has 2 aromatic rings. The van der Waals surface area contributed by atoms with Crippen LogP contribution in [0.4, 0.5) is 4.39 Å². The molecule has 0 bridgehead atoms. The second kappa shape index (κ2) is 9.50. The summed E-state index contributed by atoms with van der Waals surface area (Å²) in [4.78, 5) is 0. The maximum absolute atomic E-state index is 14.1. The molecule has 4 nitrogen and oxygen atoms in total. The topological polar surface area (TPSA) is 60.0 Å². The standard InChI is InChI=1S/C20H22FN3OS/c21-19-10-17(8-9-18(19)13-25-12-15-6-7-15)11-23-24-20(22)26-14-16-4-2-1-3-5-16/h1-5,8-11,15H,6-7,12-14H2,(H2,22,24). The van der Waals surface area contributed by atoms with E-state index in [-0.39, 0.29) is 5.82 Å². The van der Waals surface area contributed by atoms with Crippen LogP contribution in [0, 0.1) is 11.7 Å². The Morgan fingerprint density at radius 3 is 2.77 bits per heavy atom. The lowest BCUT2D eigenvalue weighted by molar-refractivity contribution is 0.109. The fourth-order valence-electron chi connectivity index (χ4n) is 2.29. The maximum atomic E-state index is 14.1. The van der Waals surface area contributed by atoms with Crippen LogP contribution in [-0.2, 0) is 17.1 Å². The Balaban J connectivity index is 1.48. The summed E-state index contributed by atoms with van der Waals surface area (Å²) in [7, 11) is 0. The highest BCUT2D eigenvalue weighted by molar-refractivity contribution is 8.13. The first-order valence-corrected chi connectivity index (χ1v) is 9.58. The van der Waals surface area contributed by atoms with Gasteiger partial charge in [0.25, 0.3) is 0 Å². The molecule has 0 aliphatic heterocycles. The zero-order valence-corrected chi connectivity index (χ0v) is 15.3. The average molecular weight is 371 g/mol. The van der Waals surface area contributed by atoms with Crippen LogP contribution in [0.5, 0.6) is 0 Å². The van der Waals surface area contributed by atoms with E-state index in [4.69, 9.17) is 10.5 Å². The second-order valence-corrected chi connectivity index (χ2v) is 7.26. The Hall–Kier alpha value is -2.18. The quantitative estimate of drug-likeness (QED) is 0.427. The van der Waals surface area contributed by atoms with Crippen LogP contribution in [0.2, 0.25) is 0 Å². The number of hydrogen-bond donors (Lipinski definition) is 1. The molecule has 6 heteroatoms. The van der Waals surface area contributed by atoms with Gasteiger partial charge in [-0.3, -0.25) is 0 Å². The number of benzene rings is 2. The summed E-state index contributed by atoms with van der Waals surface area (Å²) in [5.41, 5.74) is 8.20. The summed E-state index contributed by atoms with van der Waals surface area (Å²) >= 11 is 1.41. The molecule has 0 unspecified atom stereocenters. The molecule has 0 radical (unpaired) electrons. The van der Waals surface area contributed by atoms with Gasteiger partial charge in [0.15, 0.2) is 5.17 Å². The summed E-state index contributed by atoms with van der Waals surface area (Å²) in [5.74, 6) is 1.11. The maximum Gasteiger partial charge on any atom is 0.180 e. The van der Waals surface area contributed by atoms with Gasteiger partial charge in [0.05, 0.1) is 12.8 Å². The van der Waals surface area contributed by atoms with Gasteiger partial charge in [0.2, 0.25) is 0 Å². The van der Waals surface area contributed by atoms with E-state index in [1.54, 1.807) is 12.1 Å². The number of nitrogens with zero attached hydrogens (tertiary/aromatic N) is 2. The molecular weight excluding hydrogens is 349 g/mol. The van der Waals surface area contributed by atoms with Crippen LogP contribution in [0.3, 0.4) is 0 Å². The van der Waals surface area contributed by atoms with Gasteiger partial charge in [-0.1, -0.05) is 54.2 Å². The van der Waals surface area contributed by atoms with Gasteiger partial charge in [0, 0.05) is 17.9 Å². The lowest BCUT2D eigenvalue weighted by Gasteiger charge is -2.05. The molecule has 0 saturated heterocycles. The minimum Gasteiger partial charge on any atom is -0.377 e. The Labute approximate surface area is 157 Å². The number of rotatable bonds is 8. The molecule has 0 heterocycles. The third kappa shape index (κ3) is 6.28. The van der Waals surface area contributed by atoms with Crippen molar-refractivity contribution < 1.29 is 9.13 Å². The normalized spacial score (nSPS) is 14.9. The van der Waals surface area contributed by atoms with Gasteiger partial charge >= 0.3 is 0 Å². The molecule has 0 aromatic heterocycles. The smallest absolute Gasteiger partial charge is 0.180 e. The number of hydrogen-bond acceptors (Lipinski definition) is 4. The fourth-order valence-corrected chi connectivity index (χ4v) is 2.91. The summed E-state index contributed by atoms with van der Waals surface area (Å²) in [6.07, 6.45) is 3.95. The predicted octanol–water partition coefficient (Wildman–Crippen LogP) is 4.33. The molecule has 1 aliphatic rings. The number of nitrogens with two attached hydrogens (primary N) is 1. The third-order valence-corrected chi connectivity index (χ3v) is 4.83. The van der Waals surface area contributed by atoms with Crippen LogP contribution in [0.1, 0.15) is 29.5 Å². The summed E-state index contributed by atoms with van der Waals surface area (Å²) in [5, 5.41) is 8.25. The zero-order valence-electron chi connectivity index (χ0n) is 14.5. The van der Waals surface area contributed by atoms with Crippen LogP contribution in [-0.4, -0.2) is 18.0 Å². The first kappa shape index (κ1) is 18.6. The highest BCUT2D eigenvalue weighted by Crippen LogP contribution is 2.29. The van der Waals surface area contributed by atoms with Gasteiger partial charge in [-0.15, -0.1) is 5.10 Å². The van der Waals surface area contributed by atoms with Crippen molar-refractivity contribution in [1.82, 2.24) is 0 Å². The van der Waals surface area contributed by atoms with Crippen molar-refractivity contribution >= 4 is 23.1 Å². The second-order valence-electron chi connectivity index (χ2n) is 6.27. The highest BCUT2D eigenvalue weighted by atomic mass is 32.2. The van der Waals surface area contributed by atoms with Gasteiger partial charge in [-0.2, -0.15) is 5.10 Å². The van der Waals surface area contributed by atoms with E-state index in [9.17, 15) is 4.39 Å². The minimum atomic E-state index is -0.292. The van der Waals surface area contributed by atoms with Gasteiger partial charge < -0.3 is 10.5 Å². The van der Waals surface area contributed by atoms with E-state index in [1.807, 2.05) is 30.3 Å². The molecule has 26 heavy (non-hydrogen) atoms. The van der Waals surface area contributed by atoms with E-state index in [1.165, 1.54) is 42.4 Å². The molecule has 0 spiro atoms. The van der Waals surface area contributed by atoms with Crippen molar-refractivity contribution in [2.75, 3.05) is 6.61 Å². The lowest BCUT2D eigenvalue weighted by Crippen LogP contribution is -2.06. The van der Waals surface area contributed by atoms with Crippen molar-refractivity contribution in [1.29, 1.82) is 0 Å². The summed E-state index contributed by atoms with van der Waals surface area (Å²) in [6.45, 7) is 1.03. The number of ether oxygens (including phenoxy) is 1. The molecular formula is C20H22FN3OS. The van der Waals surface area contributed by atoms with E-state index in [0.29, 0.717) is 28.8 Å². The van der Waals surface area contributed by atoms with Gasteiger partial charge in [0.1, 0.15) is 5.82 Å². The van der Waals surface area contributed by atoms with Crippen LogP contribution < -0.4 is 5.73 Å². The Morgan fingerprint density at radius 1 is 1.23 bits per heavy atom. The first-order chi connectivity index (χ1) is 12.7. The van der Waals surface area contributed by atoms with Crippen LogP contribution >= 0.6 is 11.8 Å². The number of thioether (sulfide) groups is 1. The van der Waals surface area contributed by atoms with E-state index >= 15 is 0 Å². The molecule has 0 atom stereocenters. The molecule has 0 amide bonds. The molecule has 136 valence electrons. The Morgan fingerprint density at radius 2 is 2.04 bits per heavy atom.